The van der Waals surface area contributed by atoms with E-state index in [1.807, 2.05) is 0 Å². The summed E-state index contributed by atoms with van der Waals surface area (Å²) in [5.41, 5.74) is 15.9. The molecule has 0 aliphatic heterocycles. The quantitative estimate of drug-likeness (QED) is 0.185. The average molecular weight is 650 g/mol. The third kappa shape index (κ3) is 4.51. The van der Waals surface area contributed by atoms with Gasteiger partial charge in [-0.1, -0.05) is 184 Å². The maximum atomic E-state index is 5.25. The zero-order valence-electron chi connectivity index (χ0n) is 28.7. The molecule has 1 aliphatic rings. The zero-order valence-corrected chi connectivity index (χ0v) is 28.7. The summed E-state index contributed by atoms with van der Waals surface area (Å²) in [6.07, 6.45) is 0. The van der Waals surface area contributed by atoms with Gasteiger partial charge in [0.15, 0.2) is 0 Å². The van der Waals surface area contributed by atoms with Crippen LogP contribution in [-0.2, 0) is 5.41 Å². The van der Waals surface area contributed by atoms with Crippen LogP contribution < -0.4 is 0 Å². The molecule has 8 aromatic carbocycles. The number of rotatable bonds is 4. The van der Waals surface area contributed by atoms with Gasteiger partial charge in [0.05, 0.1) is 11.2 Å². The van der Waals surface area contributed by atoms with Gasteiger partial charge >= 0.3 is 0 Å². The first-order valence-electron chi connectivity index (χ1n) is 17.8. The van der Waals surface area contributed by atoms with E-state index in [-0.39, 0.29) is 5.41 Å². The fourth-order valence-corrected chi connectivity index (χ4v) is 8.69. The summed E-state index contributed by atoms with van der Waals surface area (Å²) in [6, 6.07) is 64.2. The zero-order chi connectivity index (χ0) is 34.1. The van der Waals surface area contributed by atoms with Crippen molar-refractivity contribution in [3.05, 3.63) is 187 Å². The van der Waals surface area contributed by atoms with Gasteiger partial charge in [0.2, 0.25) is 0 Å². The van der Waals surface area contributed by atoms with Crippen molar-refractivity contribution in [2.45, 2.75) is 19.3 Å². The Morgan fingerprint density at radius 2 is 0.804 bits per heavy atom. The van der Waals surface area contributed by atoms with Crippen molar-refractivity contribution in [2.75, 3.05) is 0 Å². The lowest BCUT2D eigenvalue weighted by Gasteiger charge is -2.25. The van der Waals surface area contributed by atoms with Crippen molar-refractivity contribution in [2.24, 2.45) is 0 Å². The van der Waals surface area contributed by atoms with Crippen LogP contribution in [0, 0.1) is 0 Å². The molecule has 9 aromatic rings. The molecule has 10 rings (SSSR count). The summed E-state index contributed by atoms with van der Waals surface area (Å²) in [5, 5.41) is 6.25. The first-order valence-corrected chi connectivity index (χ1v) is 17.8. The molecule has 1 aliphatic carbocycles. The Hall–Kier alpha value is -6.31. The highest BCUT2D eigenvalue weighted by atomic mass is 14.7. The van der Waals surface area contributed by atoms with Gasteiger partial charge in [-0.3, -0.25) is 0 Å². The second-order valence-electron chi connectivity index (χ2n) is 14.3. The first kappa shape index (κ1) is 29.6. The average Bonchev–Trinajstić information content (AvgIpc) is 3.42. The lowest BCUT2D eigenvalue weighted by molar-refractivity contribution is 0.662. The SMILES string of the molecule is CC1(C)c2ccccc2-c2nc3ccccc3c(-c3ccc(-c4ccc(-c5ccc(-c6ccccc6)c6ccccc56)c5ccccc45)cc3)c21. The molecule has 0 radical (unpaired) electrons. The number of para-hydroxylation sites is 1. The second-order valence-corrected chi connectivity index (χ2v) is 14.3. The van der Waals surface area contributed by atoms with Crippen LogP contribution in [0.15, 0.2) is 176 Å². The Balaban J connectivity index is 1.11. The number of pyridine rings is 1. The highest BCUT2D eigenvalue weighted by Gasteiger charge is 2.39. The third-order valence-corrected chi connectivity index (χ3v) is 11.1. The smallest absolute Gasteiger partial charge is 0.0759 e. The molecule has 0 saturated carbocycles. The Labute approximate surface area is 298 Å². The molecule has 0 saturated heterocycles. The van der Waals surface area contributed by atoms with Gasteiger partial charge in [-0.15, -0.1) is 0 Å². The van der Waals surface area contributed by atoms with E-state index < -0.39 is 0 Å². The minimum Gasteiger partial charge on any atom is -0.247 e. The standard InChI is InChI=1S/C50H35N/c1-50(2)45-22-12-10-20-43(45)49-48(50)47(44-21-11-13-23-46(44)51-49)34-26-24-33(25-27-34)36-29-31-42(40-19-9-7-17-38(36)40)41-30-28-35(32-14-4-3-5-15-32)37-16-6-8-18-39(37)41/h3-31H,1-2H3. The van der Waals surface area contributed by atoms with E-state index in [2.05, 4.69) is 190 Å². The van der Waals surface area contributed by atoms with Crippen molar-refractivity contribution in [1.82, 2.24) is 4.98 Å². The van der Waals surface area contributed by atoms with Crippen molar-refractivity contribution in [3.8, 4) is 55.8 Å². The van der Waals surface area contributed by atoms with Crippen LogP contribution in [0.2, 0.25) is 0 Å². The lowest BCUT2D eigenvalue weighted by atomic mass is 9.78. The molecule has 1 heterocycles. The fraction of sp³-hybridized carbons (Fsp3) is 0.0600. The third-order valence-electron chi connectivity index (χ3n) is 11.1. The monoisotopic (exact) mass is 649 g/mol. The highest BCUT2D eigenvalue weighted by molar-refractivity contribution is 6.12. The molecular weight excluding hydrogens is 615 g/mol. The Morgan fingerprint density at radius 1 is 0.353 bits per heavy atom. The van der Waals surface area contributed by atoms with E-state index in [1.165, 1.54) is 88.1 Å². The van der Waals surface area contributed by atoms with Gasteiger partial charge in [-0.2, -0.15) is 0 Å². The summed E-state index contributed by atoms with van der Waals surface area (Å²) in [4.78, 5) is 5.25. The van der Waals surface area contributed by atoms with Gasteiger partial charge in [-0.05, 0) is 83.2 Å². The predicted molar refractivity (Wildman–Crippen MR) is 216 cm³/mol. The number of nitrogens with zero attached hydrogens (tertiary/aromatic N) is 1. The van der Waals surface area contributed by atoms with Crippen LogP contribution in [0.5, 0.6) is 0 Å². The molecule has 1 heteroatoms. The van der Waals surface area contributed by atoms with Crippen molar-refractivity contribution in [3.63, 3.8) is 0 Å². The van der Waals surface area contributed by atoms with Crippen LogP contribution >= 0.6 is 0 Å². The maximum Gasteiger partial charge on any atom is 0.0759 e. The summed E-state index contributed by atoms with van der Waals surface area (Å²) in [5.74, 6) is 0. The van der Waals surface area contributed by atoms with Crippen LogP contribution in [0.3, 0.4) is 0 Å². The number of aromatic nitrogens is 1. The van der Waals surface area contributed by atoms with E-state index in [1.54, 1.807) is 0 Å². The topological polar surface area (TPSA) is 12.9 Å². The van der Waals surface area contributed by atoms with Crippen LogP contribution in [0.1, 0.15) is 25.0 Å². The first-order chi connectivity index (χ1) is 25.1. The van der Waals surface area contributed by atoms with Crippen LogP contribution in [0.25, 0.3) is 88.2 Å². The van der Waals surface area contributed by atoms with Gasteiger partial charge in [0.25, 0.3) is 0 Å². The molecule has 0 fully saturated rings. The normalized spacial score (nSPS) is 13.1. The molecule has 240 valence electrons. The van der Waals surface area contributed by atoms with E-state index in [0.29, 0.717) is 0 Å². The van der Waals surface area contributed by atoms with Gasteiger partial charge < -0.3 is 0 Å². The van der Waals surface area contributed by atoms with Crippen LogP contribution in [0.4, 0.5) is 0 Å². The minimum atomic E-state index is -0.160. The molecule has 0 amide bonds. The van der Waals surface area contributed by atoms with Crippen molar-refractivity contribution < 1.29 is 0 Å². The Bertz CT molecular complexity index is 2810. The highest BCUT2D eigenvalue weighted by Crippen LogP contribution is 2.53. The van der Waals surface area contributed by atoms with Gasteiger partial charge in [0, 0.05) is 16.4 Å². The summed E-state index contributed by atoms with van der Waals surface area (Å²) < 4.78 is 0. The number of benzene rings is 8. The second kappa shape index (κ2) is 11.4. The molecule has 0 bridgehead atoms. The summed E-state index contributed by atoms with van der Waals surface area (Å²) in [6.45, 7) is 4.69. The van der Waals surface area contributed by atoms with Gasteiger partial charge in [-0.25, -0.2) is 4.98 Å². The van der Waals surface area contributed by atoms with E-state index in [4.69, 9.17) is 4.98 Å². The predicted octanol–water partition coefficient (Wildman–Crippen LogP) is 13.5. The minimum absolute atomic E-state index is 0.160. The summed E-state index contributed by atoms with van der Waals surface area (Å²) >= 11 is 0. The molecule has 0 unspecified atom stereocenters. The molecule has 0 atom stereocenters. The molecule has 0 N–H and O–H groups in total. The van der Waals surface area contributed by atoms with E-state index in [9.17, 15) is 0 Å². The van der Waals surface area contributed by atoms with E-state index >= 15 is 0 Å². The van der Waals surface area contributed by atoms with Gasteiger partial charge in [0.1, 0.15) is 0 Å². The molecule has 51 heavy (non-hydrogen) atoms. The largest absolute Gasteiger partial charge is 0.247 e. The maximum absolute atomic E-state index is 5.25. The number of fused-ring (bicyclic) bond motifs is 6. The lowest BCUT2D eigenvalue weighted by Crippen LogP contribution is -2.16. The number of hydrogen-bond acceptors (Lipinski definition) is 1. The molecule has 1 nitrogen and oxygen atoms in total. The molecular formula is C50H35N. The van der Waals surface area contributed by atoms with E-state index in [0.717, 1.165) is 11.2 Å². The van der Waals surface area contributed by atoms with Crippen molar-refractivity contribution >= 4 is 32.4 Å². The van der Waals surface area contributed by atoms with Crippen molar-refractivity contribution in [1.29, 1.82) is 0 Å². The number of hydrogen-bond donors (Lipinski definition) is 0. The summed E-state index contributed by atoms with van der Waals surface area (Å²) in [7, 11) is 0. The molecule has 0 spiro atoms. The van der Waals surface area contributed by atoms with Crippen LogP contribution in [-0.4, -0.2) is 4.98 Å². The molecule has 1 aromatic heterocycles. The Kier molecular flexibility index (Phi) is 6.60. The Morgan fingerprint density at radius 3 is 1.43 bits per heavy atom. The fourth-order valence-electron chi connectivity index (χ4n) is 8.69.